The first-order valence-corrected chi connectivity index (χ1v) is 6.41. The van der Waals surface area contributed by atoms with Crippen LogP contribution >= 0.6 is 11.6 Å². The number of hydrogen-bond donors (Lipinski definition) is 0. The second-order valence-electron chi connectivity index (χ2n) is 4.42. The van der Waals surface area contributed by atoms with E-state index >= 15 is 0 Å². The minimum Gasteiger partial charge on any atom is -0.318 e. The molecule has 4 heteroatoms. The van der Waals surface area contributed by atoms with E-state index in [0.29, 0.717) is 5.02 Å². The van der Waals surface area contributed by atoms with Gasteiger partial charge in [-0.15, -0.1) is 0 Å². The van der Waals surface area contributed by atoms with Crippen LogP contribution in [0.2, 0.25) is 5.02 Å². The summed E-state index contributed by atoms with van der Waals surface area (Å²) in [7, 11) is 0. The zero-order chi connectivity index (χ0) is 14.7. The van der Waals surface area contributed by atoms with Crippen LogP contribution in [0.5, 0.6) is 0 Å². The van der Waals surface area contributed by atoms with Crippen LogP contribution in [0.15, 0.2) is 35.9 Å². The molecule has 0 radical (unpaired) electrons. The molecule has 0 bridgehead atoms. The fourth-order valence-corrected chi connectivity index (χ4v) is 2.29. The SMILES string of the molecule is Cc1cc(C=C(C#N)C#N)c(C)n1-c1ccc(Cl)cc1. The summed E-state index contributed by atoms with van der Waals surface area (Å²) in [5.41, 5.74) is 3.98. The number of halogens is 1. The van der Waals surface area contributed by atoms with E-state index in [1.807, 2.05) is 56.3 Å². The minimum absolute atomic E-state index is 0.0985. The molecule has 0 aliphatic rings. The Balaban J connectivity index is 2.56. The first kappa shape index (κ1) is 13.9. The second kappa shape index (κ2) is 5.65. The van der Waals surface area contributed by atoms with Crippen molar-refractivity contribution in [3.8, 4) is 17.8 Å². The van der Waals surface area contributed by atoms with Crippen molar-refractivity contribution in [3.63, 3.8) is 0 Å². The fraction of sp³-hybridized carbons (Fsp3) is 0.125. The summed E-state index contributed by atoms with van der Waals surface area (Å²) in [6.45, 7) is 3.94. The summed E-state index contributed by atoms with van der Waals surface area (Å²) in [5, 5.41) is 18.4. The average Bonchev–Trinajstić information content (AvgIpc) is 2.72. The van der Waals surface area contributed by atoms with Crippen LogP contribution in [-0.2, 0) is 0 Å². The summed E-state index contributed by atoms with van der Waals surface area (Å²) < 4.78 is 2.06. The molecule has 3 nitrogen and oxygen atoms in total. The molecule has 0 fully saturated rings. The molecule has 1 heterocycles. The number of benzene rings is 1. The Kier molecular flexibility index (Phi) is 3.94. The largest absolute Gasteiger partial charge is 0.318 e. The molecule has 98 valence electrons. The average molecular weight is 282 g/mol. The molecule has 0 atom stereocenters. The predicted octanol–water partition coefficient (Wildman–Crippen LogP) is 4.18. The minimum atomic E-state index is 0.0985. The van der Waals surface area contributed by atoms with Crippen molar-refractivity contribution in [1.29, 1.82) is 10.5 Å². The van der Waals surface area contributed by atoms with Crippen molar-refractivity contribution in [2.24, 2.45) is 0 Å². The number of nitriles is 2. The van der Waals surface area contributed by atoms with Crippen LogP contribution in [0.4, 0.5) is 0 Å². The van der Waals surface area contributed by atoms with Crippen molar-refractivity contribution in [3.05, 3.63) is 57.9 Å². The third kappa shape index (κ3) is 2.59. The van der Waals surface area contributed by atoms with E-state index in [0.717, 1.165) is 22.6 Å². The normalized spacial score (nSPS) is 9.65. The van der Waals surface area contributed by atoms with Gasteiger partial charge in [-0.25, -0.2) is 0 Å². The van der Waals surface area contributed by atoms with Gasteiger partial charge in [-0.2, -0.15) is 10.5 Å². The quantitative estimate of drug-likeness (QED) is 0.776. The molecule has 0 amide bonds. The smallest absolute Gasteiger partial charge is 0.130 e. The van der Waals surface area contributed by atoms with Gasteiger partial charge in [0.2, 0.25) is 0 Å². The summed E-state index contributed by atoms with van der Waals surface area (Å²) >= 11 is 5.90. The van der Waals surface area contributed by atoms with Crippen molar-refractivity contribution in [2.45, 2.75) is 13.8 Å². The van der Waals surface area contributed by atoms with Crippen molar-refractivity contribution < 1.29 is 0 Å². The molecule has 0 aliphatic heterocycles. The van der Waals surface area contributed by atoms with E-state index in [1.54, 1.807) is 6.08 Å². The van der Waals surface area contributed by atoms with Gasteiger partial charge in [0.05, 0.1) is 0 Å². The second-order valence-corrected chi connectivity index (χ2v) is 4.86. The number of nitrogens with zero attached hydrogens (tertiary/aromatic N) is 3. The lowest BCUT2D eigenvalue weighted by Gasteiger charge is -2.09. The molecule has 0 spiro atoms. The Hall–Kier alpha value is -2.49. The third-order valence-electron chi connectivity index (χ3n) is 3.10. The Morgan fingerprint density at radius 3 is 2.30 bits per heavy atom. The summed E-state index contributed by atoms with van der Waals surface area (Å²) in [6, 6.07) is 13.3. The van der Waals surface area contributed by atoms with Crippen LogP contribution in [0.1, 0.15) is 17.0 Å². The van der Waals surface area contributed by atoms with Gasteiger partial charge in [-0.05, 0) is 55.8 Å². The lowest BCUT2D eigenvalue weighted by Crippen LogP contribution is -1.98. The Morgan fingerprint density at radius 1 is 1.15 bits per heavy atom. The van der Waals surface area contributed by atoms with Crippen molar-refractivity contribution >= 4 is 17.7 Å². The molecule has 0 saturated carbocycles. The fourth-order valence-electron chi connectivity index (χ4n) is 2.17. The Labute approximate surface area is 122 Å². The summed E-state index contributed by atoms with van der Waals surface area (Å²) in [5.74, 6) is 0. The number of hydrogen-bond acceptors (Lipinski definition) is 2. The number of rotatable bonds is 2. The molecular formula is C16H12ClN3. The van der Waals surface area contributed by atoms with E-state index in [1.165, 1.54) is 0 Å². The van der Waals surface area contributed by atoms with Crippen LogP contribution in [-0.4, -0.2) is 4.57 Å². The maximum Gasteiger partial charge on any atom is 0.130 e. The van der Waals surface area contributed by atoms with Crippen LogP contribution in [0, 0.1) is 36.5 Å². The highest BCUT2D eigenvalue weighted by molar-refractivity contribution is 6.30. The van der Waals surface area contributed by atoms with E-state index in [4.69, 9.17) is 22.1 Å². The Bertz CT molecular complexity index is 737. The maximum atomic E-state index is 8.84. The molecule has 0 N–H and O–H groups in total. The highest BCUT2D eigenvalue weighted by Gasteiger charge is 2.10. The zero-order valence-corrected chi connectivity index (χ0v) is 11.9. The molecule has 1 aromatic heterocycles. The molecule has 2 rings (SSSR count). The van der Waals surface area contributed by atoms with E-state index in [9.17, 15) is 0 Å². The van der Waals surface area contributed by atoms with Crippen LogP contribution in [0.3, 0.4) is 0 Å². The zero-order valence-electron chi connectivity index (χ0n) is 11.2. The van der Waals surface area contributed by atoms with Gasteiger partial charge < -0.3 is 4.57 Å². The van der Waals surface area contributed by atoms with Crippen LogP contribution < -0.4 is 0 Å². The van der Waals surface area contributed by atoms with Crippen molar-refractivity contribution in [2.75, 3.05) is 0 Å². The summed E-state index contributed by atoms with van der Waals surface area (Å²) in [4.78, 5) is 0. The molecule has 0 aliphatic carbocycles. The molecule has 20 heavy (non-hydrogen) atoms. The van der Waals surface area contributed by atoms with Gasteiger partial charge in [-0.3, -0.25) is 0 Å². The van der Waals surface area contributed by atoms with Gasteiger partial charge in [0.25, 0.3) is 0 Å². The standard InChI is InChI=1S/C16H12ClN3/c1-11-7-14(8-13(9-18)10-19)12(2)20(11)16-5-3-15(17)4-6-16/h3-8H,1-2H3. The highest BCUT2D eigenvalue weighted by Crippen LogP contribution is 2.23. The van der Waals surface area contributed by atoms with E-state index in [2.05, 4.69) is 4.57 Å². The van der Waals surface area contributed by atoms with Gasteiger partial charge >= 0.3 is 0 Å². The number of allylic oxidation sites excluding steroid dienone is 1. The third-order valence-corrected chi connectivity index (χ3v) is 3.35. The monoisotopic (exact) mass is 281 g/mol. The molecule has 2 aromatic rings. The van der Waals surface area contributed by atoms with Gasteiger partial charge in [0.15, 0.2) is 0 Å². The highest BCUT2D eigenvalue weighted by atomic mass is 35.5. The lowest BCUT2D eigenvalue weighted by atomic mass is 10.1. The molecule has 1 aromatic carbocycles. The maximum absolute atomic E-state index is 8.84. The predicted molar refractivity (Wildman–Crippen MR) is 79.5 cm³/mol. The van der Waals surface area contributed by atoms with E-state index in [-0.39, 0.29) is 5.57 Å². The van der Waals surface area contributed by atoms with Crippen molar-refractivity contribution in [1.82, 2.24) is 4.57 Å². The first-order chi connectivity index (χ1) is 9.56. The summed E-state index contributed by atoms with van der Waals surface area (Å²) in [6.07, 6.45) is 1.61. The molecule has 0 saturated heterocycles. The molecular weight excluding hydrogens is 270 g/mol. The Morgan fingerprint density at radius 2 is 1.75 bits per heavy atom. The lowest BCUT2D eigenvalue weighted by molar-refractivity contribution is 0.964. The number of aryl methyl sites for hydroxylation is 1. The van der Waals surface area contributed by atoms with Crippen LogP contribution in [0.25, 0.3) is 11.8 Å². The number of aromatic nitrogens is 1. The van der Waals surface area contributed by atoms with Gasteiger partial charge in [0.1, 0.15) is 17.7 Å². The first-order valence-electron chi connectivity index (χ1n) is 6.03. The molecule has 0 unspecified atom stereocenters. The van der Waals surface area contributed by atoms with Gasteiger partial charge in [0, 0.05) is 22.1 Å². The van der Waals surface area contributed by atoms with Gasteiger partial charge in [-0.1, -0.05) is 11.6 Å². The topological polar surface area (TPSA) is 52.5 Å². The van der Waals surface area contributed by atoms with E-state index < -0.39 is 0 Å².